The number of nitrogens with one attached hydrogen (secondary N) is 1. The fraction of sp³-hybridized carbons (Fsp3) is 0.381. The number of hydrogen-bond donors (Lipinski definition) is 1. The average Bonchev–Trinajstić information content (AvgIpc) is 3.34. The third kappa shape index (κ3) is 4.77. The fourth-order valence-corrected chi connectivity index (χ4v) is 5.18. The van der Waals surface area contributed by atoms with Gasteiger partial charge in [-0.05, 0) is 24.1 Å². The van der Waals surface area contributed by atoms with Crippen molar-refractivity contribution in [1.82, 2.24) is 4.90 Å². The van der Waals surface area contributed by atoms with Gasteiger partial charge < -0.3 is 15.0 Å². The summed E-state index contributed by atoms with van der Waals surface area (Å²) >= 11 is 13.9. The van der Waals surface area contributed by atoms with Gasteiger partial charge in [-0.3, -0.25) is 0 Å². The first kappa shape index (κ1) is 19.9. The van der Waals surface area contributed by atoms with Gasteiger partial charge in [0.05, 0.1) is 18.8 Å². The lowest BCUT2D eigenvalue weighted by Crippen LogP contribution is -2.44. The van der Waals surface area contributed by atoms with Crippen molar-refractivity contribution >= 4 is 46.7 Å². The summed E-state index contributed by atoms with van der Waals surface area (Å²) in [6.07, 6.45) is 0.729. The minimum atomic E-state index is -0.578. The van der Waals surface area contributed by atoms with Gasteiger partial charge in [-0.2, -0.15) is 0 Å². The van der Waals surface area contributed by atoms with Crippen LogP contribution in [0.1, 0.15) is 18.1 Å². The van der Waals surface area contributed by atoms with Crippen LogP contribution in [-0.2, 0) is 4.74 Å². The Bertz CT molecular complexity index is 834. The standard InChI is InChI=1S/C21H22Cl2N2O2S/c22-21(23)12-16(21)14-28-19-9-5-4-8-17(19)24-20(26)25-10-11-27-18(13-25)15-6-2-1-3-7-15/h1-9,16,18H,10-14H2,(H,24,26). The topological polar surface area (TPSA) is 41.6 Å². The van der Waals surface area contributed by atoms with E-state index in [1.807, 2.05) is 59.5 Å². The lowest BCUT2D eigenvalue weighted by Gasteiger charge is -2.33. The number of carbonyl (C=O) groups excluding carboxylic acids is 1. The number of alkyl halides is 2. The molecule has 2 unspecified atom stereocenters. The van der Waals surface area contributed by atoms with Crippen molar-refractivity contribution in [2.24, 2.45) is 5.92 Å². The van der Waals surface area contributed by atoms with E-state index in [0.717, 1.165) is 28.3 Å². The summed E-state index contributed by atoms with van der Waals surface area (Å²) in [4.78, 5) is 15.7. The second-order valence-electron chi connectivity index (χ2n) is 7.12. The first-order valence-corrected chi connectivity index (χ1v) is 11.1. The smallest absolute Gasteiger partial charge is 0.322 e. The lowest BCUT2D eigenvalue weighted by molar-refractivity contribution is -0.0135. The molecule has 28 heavy (non-hydrogen) atoms. The highest BCUT2D eigenvalue weighted by Gasteiger charge is 2.51. The Balaban J connectivity index is 1.38. The number of ether oxygens (including phenoxy) is 1. The summed E-state index contributed by atoms with van der Waals surface area (Å²) in [6.45, 7) is 1.64. The van der Waals surface area contributed by atoms with Crippen LogP contribution in [0, 0.1) is 5.92 Å². The van der Waals surface area contributed by atoms with Crippen molar-refractivity contribution in [2.75, 3.05) is 30.8 Å². The van der Waals surface area contributed by atoms with E-state index in [-0.39, 0.29) is 12.1 Å². The van der Waals surface area contributed by atoms with Gasteiger partial charge in [-0.15, -0.1) is 35.0 Å². The van der Waals surface area contributed by atoms with E-state index in [1.165, 1.54) is 0 Å². The van der Waals surface area contributed by atoms with Crippen molar-refractivity contribution in [2.45, 2.75) is 21.8 Å². The number of rotatable bonds is 5. The molecule has 4 rings (SSSR count). The second-order valence-corrected chi connectivity index (χ2v) is 9.72. The molecule has 0 bridgehead atoms. The molecule has 2 aromatic rings. The molecule has 148 valence electrons. The predicted octanol–water partition coefficient (Wildman–Crippen LogP) is 5.58. The minimum Gasteiger partial charge on any atom is -0.370 e. The maximum absolute atomic E-state index is 12.9. The first-order chi connectivity index (χ1) is 13.5. The van der Waals surface area contributed by atoms with E-state index in [4.69, 9.17) is 27.9 Å². The van der Waals surface area contributed by atoms with E-state index in [2.05, 4.69) is 5.32 Å². The van der Waals surface area contributed by atoms with E-state index >= 15 is 0 Å². The maximum atomic E-state index is 12.9. The molecule has 1 saturated heterocycles. The molecular weight excluding hydrogens is 415 g/mol. The zero-order valence-electron chi connectivity index (χ0n) is 15.3. The van der Waals surface area contributed by atoms with Crippen molar-refractivity contribution in [3.8, 4) is 0 Å². The molecule has 0 aromatic heterocycles. The van der Waals surface area contributed by atoms with E-state index in [1.54, 1.807) is 11.8 Å². The average molecular weight is 437 g/mol. The molecule has 1 N–H and O–H groups in total. The summed E-state index contributed by atoms with van der Waals surface area (Å²) in [6, 6.07) is 17.8. The highest BCUT2D eigenvalue weighted by atomic mass is 35.5. The van der Waals surface area contributed by atoms with Gasteiger partial charge in [0.2, 0.25) is 0 Å². The minimum absolute atomic E-state index is 0.0965. The van der Waals surface area contributed by atoms with Crippen LogP contribution in [-0.4, -0.2) is 40.7 Å². The molecule has 2 aliphatic rings. The molecule has 2 aromatic carbocycles. The number of urea groups is 1. The number of nitrogens with zero attached hydrogens (tertiary/aromatic N) is 1. The number of benzene rings is 2. The molecule has 7 heteroatoms. The molecular formula is C21H22Cl2N2O2S. The Hall–Kier alpha value is -1.40. The molecule has 2 fully saturated rings. The molecule has 1 aliphatic carbocycles. The maximum Gasteiger partial charge on any atom is 0.322 e. The normalized spacial score (nSPS) is 23.3. The zero-order valence-corrected chi connectivity index (χ0v) is 17.6. The monoisotopic (exact) mass is 436 g/mol. The lowest BCUT2D eigenvalue weighted by atomic mass is 10.1. The highest BCUT2D eigenvalue weighted by molar-refractivity contribution is 7.99. The number of hydrogen-bond acceptors (Lipinski definition) is 3. The summed E-state index contributed by atoms with van der Waals surface area (Å²) < 4.78 is 5.28. The van der Waals surface area contributed by atoms with E-state index < -0.39 is 4.33 Å². The molecule has 1 aliphatic heterocycles. The van der Waals surface area contributed by atoms with Crippen molar-refractivity contribution in [3.63, 3.8) is 0 Å². The van der Waals surface area contributed by atoms with Crippen LogP contribution in [0.25, 0.3) is 0 Å². The SMILES string of the molecule is O=C(Nc1ccccc1SCC1CC1(Cl)Cl)N1CCOC(c2ccccc2)C1. The number of anilines is 1. The van der Waals surface area contributed by atoms with Crippen LogP contribution in [0.3, 0.4) is 0 Å². The largest absolute Gasteiger partial charge is 0.370 e. The number of morpholine rings is 1. The van der Waals surface area contributed by atoms with Crippen LogP contribution in [0.2, 0.25) is 0 Å². The number of para-hydroxylation sites is 1. The molecule has 4 nitrogen and oxygen atoms in total. The zero-order chi connectivity index (χ0) is 19.6. The number of halogens is 2. The number of amides is 2. The highest BCUT2D eigenvalue weighted by Crippen LogP contribution is 2.55. The third-order valence-corrected chi connectivity index (χ3v) is 7.21. The molecule has 2 amide bonds. The molecule has 1 heterocycles. The van der Waals surface area contributed by atoms with Gasteiger partial charge in [0.25, 0.3) is 0 Å². The Morgan fingerprint density at radius 2 is 1.89 bits per heavy atom. The predicted molar refractivity (Wildman–Crippen MR) is 115 cm³/mol. The Labute approximate surface area is 179 Å². The van der Waals surface area contributed by atoms with Crippen LogP contribution < -0.4 is 5.32 Å². The Morgan fingerprint density at radius 3 is 2.64 bits per heavy atom. The van der Waals surface area contributed by atoms with Gasteiger partial charge in [0.15, 0.2) is 0 Å². The number of thioether (sulfide) groups is 1. The van der Waals surface area contributed by atoms with Crippen molar-refractivity contribution in [1.29, 1.82) is 0 Å². The van der Waals surface area contributed by atoms with Gasteiger partial charge in [-0.1, -0.05) is 42.5 Å². The fourth-order valence-electron chi connectivity index (χ4n) is 3.23. The van der Waals surface area contributed by atoms with Crippen LogP contribution in [0.15, 0.2) is 59.5 Å². The summed E-state index contributed by atoms with van der Waals surface area (Å²) in [5, 5.41) is 3.06. The Morgan fingerprint density at radius 1 is 1.18 bits per heavy atom. The molecule has 0 spiro atoms. The van der Waals surface area contributed by atoms with E-state index in [0.29, 0.717) is 25.6 Å². The van der Waals surface area contributed by atoms with Gasteiger partial charge in [0, 0.05) is 23.1 Å². The Kier molecular flexibility index (Phi) is 6.07. The van der Waals surface area contributed by atoms with E-state index in [9.17, 15) is 4.79 Å². The molecule has 1 saturated carbocycles. The number of carbonyl (C=O) groups is 1. The first-order valence-electron chi connectivity index (χ1n) is 9.35. The van der Waals surface area contributed by atoms with Crippen molar-refractivity contribution < 1.29 is 9.53 Å². The second kappa shape index (κ2) is 8.54. The quantitative estimate of drug-likeness (QED) is 0.491. The van der Waals surface area contributed by atoms with Gasteiger partial charge in [-0.25, -0.2) is 4.79 Å². The van der Waals surface area contributed by atoms with Crippen LogP contribution >= 0.6 is 35.0 Å². The van der Waals surface area contributed by atoms with Gasteiger partial charge >= 0.3 is 6.03 Å². The summed E-state index contributed by atoms with van der Waals surface area (Å²) in [5.41, 5.74) is 1.90. The third-order valence-electron chi connectivity index (χ3n) is 5.05. The molecule has 2 atom stereocenters. The van der Waals surface area contributed by atoms with Crippen LogP contribution in [0.4, 0.5) is 10.5 Å². The van der Waals surface area contributed by atoms with Crippen molar-refractivity contribution in [3.05, 3.63) is 60.2 Å². The summed E-state index contributed by atoms with van der Waals surface area (Å²) in [7, 11) is 0. The molecule has 0 radical (unpaired) electrons. The van der Waals surface area contributed by atoms with Crippen LogP contribution in [0.5, 0.6) is 0 Å². The van der Waals surface area contributed by atoms with Gasteiger partial charge in [0.1, 0.15) is 10.4 Å². The summed E-state index contributed by atoms with van der Waals surface area (Å²) in [5.74, 6) is 1.14.